The maximum atomic E-state index is 5.62. The van der Waals surface area contributed by atoms with Gasteiger partial charge in [0, 0.05) is 0 Å². The van der Waals surface area contributed by atoms with Gasteiger partial charge in [-0.2, -0.15) is 0 Å². The third kappa shape index (κ3) is 6.08. The fourth-order valence-corrected chi connectivity index (χ4v) is 1.81. The molecule has 0 fully saturated rings. The van der Waals surface area contributed by atoms with E-state index in [0.717, 1.165) is 24.2 Å². The largest absolute Gasteiger partial charge is 2.00 e. The van der Waals surface area contributed by atoms with Crippen LogP contribution in [-0.4, -0.2) is 35.2 Å². The van der Waals surface area contributed by atoms with Crippen molar-refractivity contribution in [1.82, 2.24) is 0 Å². The molecule has 0 amide bonds. The van der Waals surface area contributed by atoms with Crippen molar-refractivity contribution < 1.29 is 12.3 Å². The predicted octanol–water partition coefficient (Wildman–Crippen LogP) is 3.58. The SMILES string of the molecule is CCCC(Br)OCc1ccc(OC)cc1.[H-].[H-].[Mg+2]. The van der Waals surface area contributed by atoms with Crippen molar-refractivity contribution in [3.8, 4) is 5.75 Å². The van der Waals surface area contributed by atoms with Crippen LogP contribution in [0, 0.1) is 0 Å². The Hall–Kier alpha value is 0.226. The van der Waals surface area contributed by atoms with E-state index in [1.54, 1.807) is 7.11 Å². The number of rotatable bonds is 6. The van der Waals surface area contributed by atoms with Crippen LogP contribution in [0.25, 0.3) is 0 Å². The summed E-state index contributed by atoms with van der Waals surface area (Å²) in [7, 11) is 1.67. The van der Waals surface area contributed by atoms with Crippen LogP contribution in [-0.2, 0) is 11.3 Å². The van der Waals surface area contributed by atoms with Crippen molar-refractivity contribution in [2.45, 2.75) is 31.4 Å². The van der Waals surface area contributed by atoms with E-state index >= 15 is 0 Å². The van der Waals surface area contributed by atoms with Crippen LogP contribution in [0.15, 0.2) is 24.3 Å². The molecule has 1 atom stereocenters. The second-order valence-electron chi connectivity index (χ2n) is 3.36. The summed E-state index contributed by atoms with van der Waals surface area (Å²) in [6.07, 6.45) is 2.16. The van der Waals surface area contributed by atoms with Gasteiger partial charge in [0.1, 0.15) is 10.8 Å². The van der Waals surface area contributed by atoms with Crippen LogP contribution in [0.3, 0.4) is 0 Å². The average molecular weight is 299 g/mol. The van der Waals surface area contributed by atoms with Gasteiger partial charge in [0.25, 0.3) is 0 Å². The Kier molecular flexibility index (Phi) is 9.41. The summed E-state index contributed by atoms with van der Waals surface area (Å²) < 4.78 is 10.7. The molecule has 4 heteroatoms. The number of alkyl halides is 1. The van der Waals surface area contributed by atoms with Crippen LogP contribution >= 0.6 is 15.9 Å². The minimum atomic E-state index is 0. The maximum Gasteiger partial charge on any atom is 2.00 e. The van der Waals surface area contributed by atoms with Gasteiger partial charge in [-0.3, -0.25) is 0 Å². The predicted molar refractivity (Wildman–Crippen MR) is 73.4 cm³/mol. The van der Waals surface area contributed by atoms with E-state index in [4.69, 9.17) is 9.47 Å². The van der Waals surface area contributed by atoms with Gasteiger partial charge >= 0.3 is 23.1 Å². The minimum absolute atomic E-state index is 0. The monoisotopic (exact) mass is 298 g/mol. The zero-order chi connectivity index (χ0) is 11.1. The van der Waals surface area contributed by atoms with Crippen molar-refractivity contribution in [3.63, 3.8) is 0 Å². The molecule has 0 aliphatic heterocycles. The van der Waals surface area contributed by atoms with Gasteiger partial charge in [0.15, 0.2) is 0 Å². The van der Waals surface area contributed by atoms with Gasteiger partial charge in [0.2, 0.25) is 0 Å². The summed E-state index contributed by atoms with van der Waals surface area (Å²) in [5.41, 5.74) is 1.16. The molecule has 0 heterocycles. The van der Waals surface area contributed by atoms with Crippen molar-refractivity contribution in [2.75, 3.05) is 7.11 Å². The molecule has 0 aromatic heterocycles. The third-order valence-electron chi connectivity index (χ3n) is 2.11. The Labute approximate surface area is 125 Å². The number of hydrogen-bond donors (Lipinski definition) is 0. The quantitative estimate of drug-likeness (QED) is 0.590. The Morgan fingerprint density at radius 1 is 1.31 bits per heavy atom. The fourth-order valence-electron chi connectivity index (χ4n) is 1.22. The van der Waals surface area contributed by atoms with Crippen LogP contribution in [0.2, 0.25) is 0 Å². The molecular formula is C12H19BrMgO2. The third-order valence-corrected chi connectivity index (χ3v) is 2.83. The maximum absolute atomic E-state index is 5.62. The Morgan fingerprint density at radius 2 is 1.94 bits per heavy atom. The first kappa shape index (κ1) is 16.2. The van der Waals surface area contributed by atoms with E-state index in [0.29, 0.717) is 6.61 Å². The van der Waals surface area contributed by atoms with Gasteiger partial charge in [-0.25, -0.2) is 0 Å². The molecule has 1 aromatic carbocycles. The molecule has 0 bridgehead atoms. The summed E-state index contributed by atoms with van der Waals surface area (Å²) in [5, 5.41) is 0.157. The molecule has 1 aromatic rings. The van der Waals surface area contributed by atoms with Gasteiger partial charge in [0.05, 0.1) is 13.7 Å². The summed E-state index contributed by atoms with van der Waals surface area (Å²) in [4.78, 5) is 0. The minimum Gasteiger partial charge on any atom is -1.00 e. The molecule has 16 heavy (non-hydrogen) atoms. The molecule has 0 saturated carbocycles. The molecule has 0 aliphatic rings. The molecule has 0 spiro atoms. The Morgan fingerprint density at radius 3 is 2.44 bits per heavy atom. The van der Waals surface area contributed by atoms with Gasteiger partial charge in [-0.1, -0.05) is 41.4 Å². The molecule has 0 N–H and O–H groups in total. The number of methoxy groups -OCH3 is 1. The van der Waals surface area contributed by atoms with Crippen LogP contribution in [0.1, 0.15) is 28.2 Å². The molecule has 88 valence electrons. The Balaban J connectivity index is -0.000000750. The molecule has 0 saturated heterocycles. The number of halogens is 1. The van der Waals surface area contributed by atoms with E-state index < -0.39 is 0 Å². The second kappa shape index (κ2) is 9.28. The van der Waals surface area contributed by atoms with Crippen LogP contribution in [0.5, 0.6) is 5.75 Å². The topological polar surface area (TPSA) is 18.5 Å². The smallest absolute Gasteiger partial charge is 1.00 e. The Bertz CT molecular complexity index is 286. The zero-order valence-corrected chi connectivity index (χ0v) is 12.9. The molecule has 0 aliphatic carbocycles. The van der Waals surface area contributed by atoms with Gasteiger partial charge in [-0.05, 0) is 24.1 Å². The molecule has 1 rings (SSSR count). The standard InChI is InChI=1S/C12H17BrO2.Mg.2H/c1-3-4-12(13)15-9-10-5-7-11(14-2)8-6-10;;;/h5-8,12H,3-4,9H2,1-2H3;;;/q;+2;2*-1. The van der Waals surface area contributed by atoms with Crippen molar-refractivity contribution >= 4 is 39.0 Å². The molecular weight excluding hydrogens is 280 g/mol. The number of ether oxygens (including phenoxy) is 2. The van der Waals surface area contributed by atoms with E-state index in [1.807, 2.05) is 24.3 Å². The van der Waals surface area contributed by atoms with E-state index in [9.17, 15) is 0 Å². The van der Waals surface area contributed by atoms with E-state index in [2.05, 4.69) is 22.9 Å². The summed E-state index contributed by atoms with van der Waals surface area (Å²) in [6, 6.07) is 7.93. The zero-order valence-electron chi connectivity index (χ0n) is 11.9. The molecule has 1 unspecified atom stereocenters. The number of hydrogen-bond acceptors (Lipinski definition) is 2. The first-order valence-electron chi connectivity index (χ1n) is 5.15. The summed E-state index contributed by atoms with van der Waals surface area (Å²) in [5.74, 6) is 0.878. The molecule has 2 nitrogen and oxygen atoms in total. The second-order valence-corrected chi connectivity index (χ2v) is 4.38. The van der Waals surface area contributed by atoms with Crippen LogP contribution < -0.4 is 4.74 Å². The summed E-state index contributed by atoms with van der Waals surface area (Å²) >= 11 is 3.48. The summed E-state index contributed by atoms with van der Waals surface area (Å²) in [6.45, 7) is 2.78. The van der Waals surface area contributed by atoms with Crippen molar-refractivity contribution in [1.29, 1.82) is 0 Å². The van der Waals surface area contributed by atoms with Gasteiger partial charge in [-0.15, -0.1) is 0 Å². The van der Waals surface area contributed by atoms with Crippen LogP contribution in [0.4, 0.5) is 0 Å². The van der Waals surface area contributed by atoms with Crippen molar-refractivity contribution in [3.05, 3.63) is 29.8 Å². The van der Waals surface area contributed by atoms with Crippen molar-refractivity contribution in [2.24, 2.45) is 0 Å². The first-order valence-corrected chi connectivity index (χ1v) is 6.06. The van der Waals surface area contributed by atoms with E-state index in [-0.39, 0.29) is 30.9 Å². The first-order chi connectivity index (χ1) is 7.26. The van der Waals surface area contributed by atoms with E-state index in [1.165, 1.54) is 0 Å². The fraction of sp³-hybridized carbons (Fsp3) is 0.500. The average Bonchev–Trinajstić information content (AvgIpc) is 2.27. The van der Waals surface area contributed by atoms with Gasteiger partial charge < -0.3 is 12.3 Å². The molecule has 0 radical (unpaired) electrons. The normalized spacial score (nSPS) is 11.7. The number of benzene rings is 1.